The van der Waals surface area contributed by atoms with E-state index in [0.717, 1.165) is 13.8 Å². The van der Waals surface area contributed by atoms with E-state index in [1.165, 1.54) is 4.72 Å². The summed E-state index contributed by atoms with van der Waals surface area (Å²) in [6.45, 7) is 3.27. The molecule has 0 aliphatic carbocycles. The number of nitrogens with two attached hydrogens (primary N) is 1. The first-order valence-corrected chi connectivity index (χ1v) is 16.0. The predicted octanol–water partition coefficient (Wildman–Crippen LogP) is 1.72. The van der Waals surface area contributed by atoms with E-state index in [0.29, 0.717) is 46.2 Å². The number of hydrogen-bond donors (Lipinski definition) is 4. The van der Waals surface area contributed by atoms with Crippen molar-refractivity contribution in [3.8, 4) is 23.0 Å². The molecule has 0 bridgehead atoms. The number of hydrogen-bond acceptors (Lipinski definition) is 11. The summed E-state index contributed by atoms with van der Waals surface area (Å²) in [6, 6.07) is 10.2. The van der Waals surface area contributed by atoms with Gasteiger partial charge in [0.25, 0.3) is 0 Å². The lowest BCUT2D eigenvalue weighted by molar-refractivity contribution is -0.118. The lowest BCUT2D eigenvalue weighted by atomic mass is 10.2. The third-order valence-electron chi connectivity index (χ3n) is 4.56. The molecule has 2 aromatic rings. The largest absolute Gasteiger partial charge is 0.486 e. The van der Waals surface area contributed by atoms with Gasteiger partial charge in [-0.1, -0.05) is 23.2 Å². The fourth-order valence-corrected chi connectivity index (χ4v) is 4.84. The van der Waals surface area contributed by atoms with E-state index in [2.05, 4.69) is 15.4 Å². The van der Waals surface area contributed by atoms with Crippen LogP contribution in [0.15, 0.2) is 36.4 Å². The number of benzene rings is 2. The van der Waals surface area contributed by atoms with Crippen LogP contribution in [-0.4, -0.2) is 67.2 Å². The van der Waals surface area contributed by atoms with Gasteiger partial charge in [0.1, 0.15) is 25.4 Å². The fourth-order valence-electron chi connectivity index (χ4n) is 2.99. The standard InChI is InChI=1S/C11H13ClN2O5S.C9H10ClNO2.C2H4ClNO3S.2H2S/c1-7(15)14-20(16,17)13-5-9-6-18-11-4-8(12)2-3-10(11)19-9;10-6-1-2-8-9(3-6)12-5-7(4-11)13-8;1-2(5)4-8(3,6)7;;/h2-4,9,13H,5-6H2,1H3,(H,14,15);1-3,7H,4-5,11H2;1H3,(H,4,5);2*1H2/t9-;7-;;;/m00.../s1. The molecule has 2 amide bonds. The highest BCUT2D eigenvalue weighted by atomic mass is 35.7. The quantitative estimate of drug-likeness (QED) is 0.314. The number of amides is 2. The maximum atomic E-state index is 11.4. The van der Waals surface area contributed by atoms with Crippen LogP contribution in [0.5, 0.6) is 23.0 Å². The second-order valence-electron chi connectivity index (χ2n) is 8.13. The normalized spacial score (nSPS) is 16.2. The van der Waals surface area contributed by atoms with E-state index < -0.39 is 37.4 Å². The Morgan fingerprint density at radius 2 is 1.26 bits per heavy atom. The Labute approximate surface area is 277 Å². The molecule has 0 spiro atoms. The summed E-state index contributed by atoms with van der Waals surface area (Å²) in [5, 5.41) is 1.17. The molecule has 2 aromatic carbocycles. The Hall–Kier alpha value is -2.03. The van der Waals surface area contributed by atoms with E-state index >= 15 is 0 Å². The van der Waals surface area contributed by atoms with Crippen molar-refractivity contribution >= 4 is 92.1 Å². The van der Waals surface area contributed by atoms with Crippen molar-refractivity contribution in [3.05, 3.63) is 46.4 Å². The van der Waals surface area contributed by atoms with Gasteiger partial charge in [-0.2, -0.15) is 48.5 Å². The summed E-state index contributed by atoms with van der Waals surface area (Å²) in [5.41, 5.74) is 5.46. The zero-order chi connectivity index (χ0) is 30.8. The molecule has 2 atom stereocenters. The maximum absolute atomic E-state index is 11.4. The minimum absolute atomic E-state index is 0. The van der Waals surface area contributed by atoms with Crippen LogP contribution >= 0.6 is 60.9 Å². The van der Waals surface area contributed by atoms with Gasteiger partial charge in [0.15, 0.2) is 23.0 Å². The topological polar surface area (TPSA) is 201 Å². The smallest absolute Gasteiger partial charge is 0.321 e. The Morgan fingerprint density at radius 1 is 0.814 bits per heavy atom. The van der Waals surface area contributed by atoms with Gasteiger partial charge in [-0.3, -0.25) is 9.59 Å². The average molecular weight is 746 g/mol. The molecular weight excluding hydrogens is 715 g/mol. The number of carbonyl (C=O) groups is 2. The van der Waals surface area contributed by atoms with E-state index in [1.54, 1.807) is 41.1 Å². The Morgan fingerprint density at radius 3 is 1.65 bits per heavy atom. The van der Waals surface area contributed by atoms with Crippen molar-refractivity contribution in [3.63, 3.8) is 0 Å². The van der Waals surface area contributed by atoms with Crippen LogP contribution in [0.3, 0.4) is 0 Å². The first-order chi connectivity index (χ1) is 19.1. The van der Waals surface area contributed by atoms with Crippen LogP contribution in [0.4, 0.5) is 0 Å². The summed E-state index contributed by atoms with van der Waals surface area (Å²) < 4.78 is 70.0. The second kappa shape index (κ2) is 18.7. The van der Waals surface area contributed by atoms with Gasteiger partial charge in [-0.25, -0.2) is 9.44 Å². The van der Waals surface area contributed by atoms with Gasteiger partial charge < -0.3 is 24.7 Å². The first-order valence-electron chi connectivity index (χ1n) is 11.5. The third kappa shape index (κ3) is 16.0. The maximum Gasteiger partial charge on any atom is 0.321 e. The molecule has 43 heavy (non-hydrogen) atoms. The van der Waals surface area contributed by atoms with Crippen LogP contribution in [0, 0.1) is 0 Å². The van der Waals surface area contributed by atoms with Crippen molar-refractivity contribution in [1.82, 2.24) is 14.2 Å². The summed E-state index contributed by atoms with van der Waals surface area (Å²) in [4.78, 5) is 20.6. The van der Waals surface area contributed by atoms with Gasteiger partial charge >= 0.3 is 19.4 Å². The monoisotopic (exact) mass is 744 g/mol. The molecule has 244 valence electrons. The van der Waals surface area contributed by atoms with Crippen molar-refractivity contribution in [1.29, 1.82) is 0 Å². The zero-order valence-corrected chi connectivity index (χ0v) is 28.5. The van der Waals surface area contributed by atoms with Gasteiger partial charge in [0.05, 0.1) is 6.54 Å². The highest BCUT2D eigenvalue weighted by molar-refractivity contribution is 8.12. The lowest BCUT2D eigenvalue weighted by Crippen LogP contribution is -2.45. The summed E-state index contributed by atoms with van der Waals surface area (Å²) in [5.74, 6) is 1.05. The average Bonchev–Trinajstić information content (AvgIpc) is 2.85. The second-order valence-corrected chi connectivity index (χ2v) is 12.8. The lowest BCUT2D eigenvalue weighted by Gasteiger charge is -2.26. The molecule has 0 aromatic heterocycles. The van der Waals surface area contributed by atoms with Crippen molar-refractivity contribution in [2.45, 2.75) is 26.1 Å². The number of nitrogens with one attached hydrogen (secondary N) is 3. The molecule has 0 saturated heterocycles. The van der Waals surface area contributed by atoms with Crippen LogP contribution in [0.2, 0.25) is 10.0 Å². The molecule has 2 aliphatic heterocycles. The molecule has 0 radical (unpaired) electrons. The van der Waals surface area contributed by atoms with Gasteiger partial charge in [0, 0.05) is 53.3 Å². The molecule has 0 unspecified atom stereocenters. The summed E-state index contributed by atoms with van der Waals surface area (Å²) in [7, 11) is -3.15. The highest BCUT2D eigenvalue weighted by Crippen LogP contribution is 2.34. The molecule has 2 aliphatic rings. The minimum atomic E-state index is -3.87. The molecule has 0 fully saturated rings. The van der Waals surface area contributed by atoms with Crippen LogP contribution < -0.4 is 38.8 Å². The zero-order valence-electron chi connectivity index (χ0n) is 22.6. The number of carbonyl (C=O) groups excluding carboxylic acids is 2. The van der Waals surface area contributed by atoms with E-state index in [4.69, 9.17) is 47.9 Å². The molecular formula is C22H31Cl3N4O10S4. The number of fused-ring (bicyclic) bond motifs is 2. The Bertz CT molecular complexity index is 1450. The van der Waals surface area contributed by atoms with Crippen LogP contribution in [0.25, 0.3) is 0 Å². The molecule has 5 N–H and O–H groups in total. The summed E-state index contributed by atoms with van der Waals surface area (Å²) >= 11 is 11.6. The van der Waals surface area contributed by atoms with E-state index in [9.17, 15) is 26.4 Å². The van der Waals surface area contributed by atoms with Crippen LogP contribution in [-0.2, 0) is 29.0 Å². The van der Waals surface area contributed by atoms with E-state index in [-0.39, 0.29) is 46.2 Å². The molecule has 2 heterocycles. The van der Waals surface area contributed by atoms with Crippen LogP contribution in [0.1, 0.15) is 13.8 Å². The van der Waals surface area contributed by atoms with E-state index in [1.807, 2.05) is 0 Å². The Kier molecular flexibility index (Phi) is 17.8. The first kappa shape index (κ1) is 41.0. The van der Waals surface area contributed by atoms with Gasteiger partial charge in [0.2, 0.25) is 11.8 Å². The minimum Gasteiger partial charge on any atom is -0.486 e. The van der Waals surface area contributed by atoms with Crippen molar-refractivity contribution in [2.24, 2.45) is 5.73 Å². The van der Waals surface area contributed by atoms with Gasteiger partial charge in [-0.15, -0.1) is 0 Å². The fraction of sp³-hybridized carbons (Fsp3) is 0.364. The van der Waals surface area contributed by atoms with Crippen molar-refractivity contribution < 1.29 is 45.4 Å². The predicted molar refractivity (Wildman–Crippen MR) is 172 cm³/mol. The number of rotatable bonds is 6. The number of ether oxygens (including phenoxy) is 4. The van der Waals surface area contributed by atoms with Gasteiger partial charge in [-0.05, 0) is 24.3 Å². The SMILES string of the molecule is CC(=O)NS(=O)(=O)Cl.CC(=O)NS(=O)(=O)NC[C@H]1COc2cc(Cl)ccc2O1.NC[C@H]1COc2cc(Cl)ccc2O1.S.S. The van der Waals surface area contributed by atoms with Crippen molar-refractivity contribution in [2.75, 3.05) is 26.3 Å². The Balaban J connectivity index is 0.000000663. The third-order valence-corrected chi connectivity index (χ3v) is 6.89. The molecule has 0 saturated carbocycles. The molecule has 21 heteroatoms. The number of halogens is 3. The highest BCUT2D eigenvalue weighted by Gasteiger charge is 2.23. The summed E-state index contributed by atoms with van der Waals surface area (Å²) in [6.07, 6.45) is -0.541. The molecule has 4 rings (SSSR count). The molecule has 14 nitrogen and oxygen atoms in total.